The number of carbonyl (C=O) groups is 1. The number of hydrogen-bond donors (Lipinski definition) is 1. The van der Waals surface area contributed by atoms with Crippen LogP contribution >= 0.6 is 11.6 Å². The predicted octanol–water partition coefficient (Wildman–Crippen LogP) is 0.910. The molecule has 1 amide bonds. The van der Waals surface area contributed by atoms with E-state index in [-0.39, 0.29) is 23.4 Å². The van der Waals surface area contributed by atoms with Crippen molar-refractivity contribution in [2.45, 2.75) is 23.8 Å². The van der Waals surface area contributed by atoms with Crippen molar-refractivity contribution < 1.29 is 13.2 Å². The minimum atomic E-state index is -3.71. The highest BCUT2D eigenvalue weighted by atomic mass is 35.5. The molecule has 1 aliphatic heterocycles. The zero-order valence-electron chi connectivity index (χ0n) is 12.4. The molecule has 2 rings (SSSR count). The first-order valence-corrected chi connectivity index (χ1v) is 8.89. The third-order valence-electron chi connectivity index (χ3n) is 3.85. The molecule has 122 valence electrons. The van der Waals surface area contributed by atoms with Gasteiger partial charge in [-0.25, -0.2) is 8.42 Å². The van der Waals surface area contributed by atoms with Crippen LogP contribution in [0.4, 0.5) is 0 Å². The molecule has 0 spiro atoms. The molecular weight excluding hydrogens is 326 g/mol. The van der Waals surface area contributed by atoms with E-state index < -0.39 is 10.0 Å². The maximum atomic E-state index is 12.4. The first-order valence-electron chi connectivity index (χ1n) is 7.07. The number of hydrogen-bond acceptors (Lipinski definition) is 4. The molecule has 1 atom stereocenters. The highest BCUT2D eigenvalue weighted by Crippen LogP contribution is 2.19. The average molecular weight is 346 g/mol. The fraction of sp³-hybridized carbons (Fsp3) is 0.500. The van der Waals surface area contributed by atoms with E-state index in [0.29, 0.717) is 18.1 Å². The minimum Gasteiger partial charge on any atom is -0.337 e. The van der Waals surface area contributed by atoms with Gasteiger partial charge in [-0.1, -0.05) is 11.6 Å². The second-order valence-electron chi connectivity index (χ2n) is 5.33. The summed E-state index contributed by atoms with van der Waals surface area (Å²) in [5, 5.41) is 0.459. The summed E-state index contributed by atoms with van der Waals surface area (Å²) in [6, 6.07) is 5.89. The number of likely N-dealkylation sites (N-methyl/N-ethyl adjacent to an activating group) is 1. The molecule has 1 aromatic carbocycles. The molecule has 1 aliphatic rings. The Hall–Kier alpha value is -1.15. The zero-order valence-corrected chi connectivity index (χ0v) is 14.0. The second-order valence-corrected chi connectivity index (χ2v) is 7.82. The number of carbonyl (C=O) groups excluding carboxylic acids is 1. The zero-order chi connectivity index (χ0) is 16.3. The van der Waals surface area contributed by atoms with Crippen molar-refractivity contribution >= 4 is 27.5 Å². The third kappa shape index (κ3) is 3.60. The summed E-state index contributed by atoms with van der Waals surface area (Å²) >= 11 is 5.76. The Balaban J connectivity index is 2.09. The summed E-state index contributed by atoms with van der Waals surface area (Å²) in [4.78, 5) is 14.1. The summed E-state index contributed by atoms with van der Waals surface area (Å²) in [5.41, 5.74) is 5.65. The van der Waals surface area contributed by atoms with Gasteiger partial charge in [0.1, 0.15) is 0 Å². The van der Waals surface area contributed by atoms with Crippen LogP contribution < -0.4 is 5.73 Å². The molecule has 6 nitrogen and oxygen atoms in total. The molecule has 0 aromatic heterocycles. The number of nitrogens with two attached hydrogens (primary N) is 1. The normalized spacial score (nSPS) is 18.9. The molecule has 22 heavy (non-hydrogen) atoms. The molecule has 1 saturated heterocycles. The van der Waals surface area contributed by atoms with Gasteiger partial charge in [0.05, 0.1) is 11.4 Å². The summed E-state index contributed by atoms with van der Waals surface area (Å²) in [7, 11) is -2.31. The largest absolute Gasteiger partial charge is 0.337 e. The van der Waals surface area contributed by atoms with Gasteiger partial charge in [0.25, 0.3) is 0 Å². The molecule has 0 saturated carbocycles. The van der Waals surface area contributed by atoms with Gasteiger partial charge in [0, 0.05) is 31.2 Å². The van der Waals surface area contributed by atoms with Gasteiger partial charge in [-0.05, 0) is 37.1 Å². The van der Waals surface area contributed by atoms with Crippen LogP contribution in [-0.2, 0) is 14.8 Å². The molecule has 1 fully saturated rings. The monoisotopic (exact) mass is 345 g/mol. The van der Waals surface area contributed by atoms with E-state index in [4.69, 9.17) is 17.3 Å². The number of amides is 1. The molecule has 1 aromatic rings. The third-order valence-corrected chi connectivity index (χ3v) is 5.92. The SMILES string of the molecule is CN(CC(=O)N1CCCC1CN)S(=O)(=O)c1ccc(Cl)cc1. The van der Waals surface area contributed by atoms with Gasteiger partial charge in [-0.3, -0.25) is 4.79 Å². The predicted molar refractivity (Wildman–Crippen MR) is 85.1 cm³/mol. The lowest BCUT2D eigenvalue weighted by Gasteiger charge is -2.26. The van der Waals surface area contributed by atoms with E-state index in [0.717, 1.165) is 17.1 Å². The van der Waals surface area contributed by atoms with Crippen molar-refractivity contribution in [2.24, 2.45) is 5.73 Å². The molecule has 1 unspecified atom stereocenters. The molecule has 2 N–H and O–H groups in total. The van der Waals surface area contributed by atoms with Gasteiger partial charge >= 0.3 is 0 Å². The summed E-state index contributed by atoms with van der Waals surface area (Å²) < 4.78 is 25.9. The van der Waals surface area contributed by atoms with Crippen LogP contribution in [0.2, 0.25) is 5.02 Å². The van der Waals surface area contributed by atoms with E-state index in [1.165, 1.54) is 31.3 Å². The maximum Gasteiger partial charge on any atom is 0.243 e. The first-order chi connectivity index (χ1) is 10.4. The highest BCUT2D eigenvalue weighted by molar-refractivity contribution is 7.89. The van der Waals surface area contributed by atoms with Gasteiger partial charge in [0.2, 0.25) is 15.9 Å². The summed E-state index contributed by atoms with van der Waals surface area (Å²) in [5.74, 6) is -0.215. The number of likely N-dealkylation sites (tertiary alicyclic amines) is 1. The van der Waals surface area contributed by atoms with Crippen LogP contribution in [0.1, 0.15) is 12.8 Å². The van der Waals surface area contributed by atoms with Crippen molar-refractivity contribution in [3.63, 3.8) is 0 Å². The minimum absolute atomic E-state index is 0.0131. The summed E-state index contributed by atoms with van der Waals surface area (Å²) in [6.45, 7) is 0.844. The lowest BCUT2D eigenvalue weighted by Crippen LogP contribution is -2.45. The van der Waals surface area contributed by atoms with Crippen molar-refractivity contribution in [2.75, 3.05) is 26.7 Å². The molecule has 0 aliphatic carbocycles. The van der Waals surface area contributed by atoms with Crippen molar-refractivity contribution in [3.8, 4) is 0 Å². The Bertz CT molecular complexity index is 633. The van der Waals surface area contributed by atoms with E-state index in [1.807, 2.05) is 0 Å². The molecule has 8 heteroatoms. The quantitative estimate of drug-likeness (QED) is 0.859. The van der Waals surface area contributed by atoms with Crippen molar-refractivity contribution in [3.05, 3.63) is 29.3 Å². The van der Waals surface area contributed by atoms with Gasteiger partial charge in [-0.2, -0.15) is 4.31 Å². The molecule has 0 bridgehead atoms. The van der Waals surface area contributed by atoms with Gasteiger partial charge in [0.15, 0.2) is 0 Å². The first kappa shape index (κ1) is 17.2. The smallest absolute Gasteiger partial charge is 0.243 e. The Labute approximate surface area is 135 Å². The lowest BCUT2D eigenvalue weighted by molar-refractivity contribution is -0.131. The van der Waals surface area contributed by atoms with Crippen LogP contribution in [0, 0.1) is 0 Å². The van der Waals surface area contributed by atoms with Crippen LogP contribution in [0.5, 0.6) is 0 Å². The Morgan fingerprint density at radius 1 is 1.41 bits per heavy atom. The van der Waals surface area contributed by atoms with Crippen LogP contribution in [0.15, 0.2) is 29.2 Å². The topological polar surface area (TPSA) is 83.7 Å². The molecule has 0 radical (unpaired) electrons. The highest BCUT2D eigenvalue weighted by Gasteiger charge is 2.30. The fourth-order valence-corrected chi connectivity index (χ4v) is 3.81. The van der Waals surface area contributed by atoms with E-state index in [9.17, 15) is 13.2 Å². The van der Waals surface area contributed by atoms with Gasteiger partial charge < -0.3 is 10.6 Å². The van der Waals surface area contributed by atoms with Crippen LogP contribution in [-0.4, -0.2) is 56.3 Å². The number of sulfonamides is 1. The number of halogens is 1. The number of nitrogens with zero attached hydrogens (tertiary/aromatic N) is 2. The van der Waals surface area contributed by atoms with E-state index >= 15 is 0 Å². The van der Waals surface area contributed by atoms with Crippen LogP contribution in [0.3, 0.4) is 0 Å². The fourth-order valence-electron chi connectivity index (χ4n) is 2.56. The van der Waals surface area contributed by atoms with Gasteiger partial charge in [-0.15, -0.1) is 0 Å². The second kappa shape index (κ2) is 6.95. The summed E-state index contributed by atoms with van der Waals surface area (Å²) in [6.07, 6.45) is 1.77. The van der Waals surface area contributed by atoms with E-state index in [2.05, 4.69) is 0 Å². The Kier molecular flexibility index (Phi) is 5.44. The Morgan fingerprint density at radius 3 is 2.64 bits per heavy atom. The molecular formula is C14H20ClN3O3S. The number of rotatable bonds is 5. The average Bonchev–Trinajstić information content (AvgIpc) is 2.96. The standard InChI is InChI=1S/C14H20ClN3O3S/c1-17(10-14(19)18-8-2-3-12(18)9-16)22(20,21)13-6-4-11(15)5-7-13/h4-7,12H,2-3,8-10,16H2,1H3. The van der Waals surface area contributed by atoms with Crippen molar-refractivity contribution in [1.82, 2.24) is 9.21 Å². The Morgan fingerprint density at radius 2 is 2.05 bits per heavy atom. The van der Waals surface area contributed by atoms with Crippen LogP contribution in [0.25, 0.3) is 0 Å². The van der Waals surface area contributed by atoms with E-state index in [1.54, 1.807) is 4.90 Å². The maximum absolute atomic E-state index is 12.4. The van der Waals surface area contributed by atoms with Crippen molar-refractivity contribution in [1.29, 1.82) is 0 Å². The molecule has 1 heterocycles. The number of benzene rings is 1. The lowest BCUT2D eigenvalue weighted by atomic mass is 10.2.